The lowest BCUT2D eigenvalue weighted by atomic mass is 10.1. The fourth-order valence-corrected chi connectivity index (χ4v) is 15.8. The summed E-state index contributed by atoms with van der Waals surface area (Å²) in [6.07, 6.45) is 25.5. The summed E-state index contributed by atoms with van der Waals surface area (Å²) in [6.45, 7) is 13.1. The quantitative estimate of drug-likeness (QED) is 0.0265. The van der Waals surface area contributed by atoms with E-state index in [4.69, 9.17) is 15.5 Å². The normalized spacial score (nSPS) is 13.7. The average molecular weight is 1820 g/mol. The summed E-state index contributed by atoms with van der Waals surface area (Å²) in [4.78, 5) is 107. The van der Waals surface area contributed by atoms with Crippen LogP contribution >= 0.6 is 0 Å². The number of nitrogens with two attached hydrogens (primary N) is 1. The van der Waals surface area contributed by atoms with Crippen LogP contribution in [0.4, 0.5) is 82.5 Å². The van der Waals surface area contributed by atoms with Crippen LogP contribution < -0.4 is 65.6 Å². The van der Waals surface area contributed by atoms with Crippen LogP contribution in [-0.2, 0) is 51.9 Å². The Kier molecular flexibility index (Phi) is 31.4. The molecule has 4 fully saturated rings. The number of aromatic nitrogens is 20. The molecule has 0 bridgehead atoms. The van der Waals surface area contributed by atoms with Crippen molar-refractivity contribution >= 4 is 82.5 Å². The molecule has 0 unspecified atom stereocenters. The van der Waals surface area contributed by atoms with Crippen molar-refractivity contribution in [2.45, 2.75) is 51.9 Å². The molecule has 0 saturated carbocycles. The fraction of sp³-hybridized carbons (Fsp3) is 0.248. The summed E-state index contributed by atoms with van der Waals surface area (Å²) in [7, 11) is 1.67. The zero-order valence-corrected chi connectivity index (χ0v) is 75.6. The first-order valence-electron chi connectivity index (χ1n) is 45.3. The van der Waals surface area contributed by atoms with E-state index in [1.165, 1.54) is 34.9 Å². The first-order chi connectivity index (χ1) is 67.1. The summed E-state index contributed by atoms with van der Waals surface area (Å²) in [6, 6.07) is 72.3. The van der Waals surface area contributed by atoms with Gasteiger partial charge in [0.1, 0.15) is 36.9 Å². The first kappa shape index (κ1) is 91.5. The van der Waals surface area contributed by atoms with Gasteiger partial charge < -0.3 is 75.8 Å². The third-order valence-corrected chi connectivity index (χ3v) is 23.1. The number of methoxy groups -OCH3 is 1. The minimum atomic E-state index is -0.0122. The molecule has 0 amide bonds. The van der Waals surface area contributed by atoms with Crippen molar-refractivity contribution in [2.24, 2.45) is 5.73 Å². The Morgan fingerprint density at radius 3 is 0.868 bits per heavy atom. The smallest absolute Gasteiger partial charge is 0.231 e. The standard InChI is InChI=1S/C26H27N7O.C25H27N9.2C25H26N8O/c1-34-23-9-5-8-21(15-23)16-24-29-19-30-26(31-24)33-12-10-32(11-13-33)25-27-17-22(18-28-25)14-20-6-3-2-4-7-20;26-15-20-7-4-8-22(14-20)31-23-29-18-30-25(32-23)34-11-9-33(10-12-34)24-27-16-21(17-28-24)13-19-5-2-1-3-6-19;34-17-20-7-4-8-22(14-20)30-23-28-18-29-25(31-23)33-11-9-32(10-12-33)24-26-15-21(16-27-24)13-19-5-2-1-3-6-19;34-17-20-6-8-22(9-7-20)30-23-28-18-29-25(31-23)33-12-10-32(11-13-33)24-26-15-21(16-27-24)14-19-4-2-1-3-5-19/h2-9,15,17-19H,10-14,16H2,1H3;1-8,14,16-18H,9-13,15,26H2,(H,29,30,31,32);1-8,14-16,18,34H,9-13,17H2,(H,28,29,30,31);1-9,15-16,18,34H,10-14,17H2,(H,28,29,30,31). The number of nitrogens with zero attached hydrogens (tertiary/aromatic N) is 28. The van der Waals surface area contributed by atoms with E-state index in [0.717, 1.165) is 227 Å². The van der Waals surface area contributed by atoms with E-state index >= 15 is 0 Å². The lowest BCUT2D eigenvalue weighted by Gasteiger charge is -2.34. The second kappa shape index (κ2) is 46.6. The van der Waals surface area contributed by atoms with Crippen molar-refractivity contribution in [3.05, 3.63) is 366 Å². The number of hydrogen-bond acceptors (Lipinski definition) is 35. The molecule has 20 rings (SSSR count). The molecule has 0 aliphatic carbocycles. The van der Waals surface area contributed by atoms with Crippen molar-refractivity contribution in [1.82, 2.24) is 99.7 Å². The highest BCUT2D eigenvalue weighted by atomic mass is 16.5. The van der Waals surface area contributed by atoms with Gasteiger partial charge in [-0.1, -0.05) is 170 Å². The Labute approximate surface area is 789 Å². The molecule has 4 aliphatic heterocycles. The fourth-order valence-electron chi connectivity index (χ4n) is 15.8. The van der Waals surface area contributed by atoms with Crippen LogP contribution in [0.1, 0.15) is 72.6 Å². The number of anilines is 14. The molecule has 0 spiro atoms. The molecule has 12 heterocycles. The topological polar surface area (TPSA) is 396 Å². The van der Waals surface area contributed by atoms with Gasteiger partial charge in [0.15, 0.2) is 0 Å². The van der Waals surface area contributed by atoms with E-state index in [1.807, 2.05) is 189 Å². The Morgan fingerprint density at radius 1 is 0.250 bits per heavy atom. The summed E-state index contributed by atoms with van der Waals surface area (Å²) >= 11 is 0. The van der Waals surface area contributed by atoms with Crippen molar-refractivity contribution in [2.75, 3.05) is 167 Å². The number of nitrogens with one attached hydrogen (secondary N) is 3. The van der Waals surface area contributed by atoms with Crippen LogP contribution in [0.2, 0.25) is 0 Å². The summed E-state index contributed by atoms with van der Waals surface area (Å²) in [5.41, 5.74) is 21.6. The minimum Gasteiger partial charge on any atom is -0.497 e. The van der Waals surface area contributed by atoms with Crippen LogP contribution in [0.3, 0.4) is 0 Å². The van der Waals surface area contributed by atoms with Crippen LogP contribution in [-0.4, -0.2) is 222 Å². The molecule has 4 aliphatic rings. The number of rotatable bonds is 28. The van der Waals surface area contributed by atoms with Gasteiger partial charge in [-0.15, -0.1) is 0 Å². The van der Waals surface area contributed by atoms with Crippen LogP contribution in [0.25, 0.3) is 0 Å². The first-order valence-corrected chi connectivity index (χ1v) is 45.3. The van der Waals surface area contributed by atoms with Gasteiger partial charge in [-0.2, -0.15) is 19.9 Å². The number of benzene rings is 8. The number of aliphatic hydroxyl groups excluding tert-OH is 2. The van der Waals surface area contributed by atoms with Gasteiger partial charge >= 0.3 is 0 Å². The molecule has 8 aromatic carbocycles. The maximum atomic E-state index is 9.33. The van der Waals surface area contributed by atoms with Gasteiger partial charge in [0.2, 0.25) is 65.4 Å². The predicted octanol–water partition coefficient (Wildman–Crippen LogP) is 11.6. The molecule has 0 radical (unpaired) electrons. The monoisotopic (exact) mass is 1810 g/mol. The van der Waals surface area contributed by atoms with E-state index in [0.29, 0.717) is 54.6 Å². The molecular formula is C101H106N32O3. The van der Waals surface area contributed by atoms with Gasteiger partial charge in [-0.3, -0.25) is 0 Å². The van der Waals surface area contributed by atoms with Gasteiger partial charge in [-0.05, 0) is 115 Å². The third-order valence-electron chi connectivity index (χ3n) is 23.1. The summed E-state index contributed by atoms with van der Waals surface area (Å²) < 4.78 is 5.31. The number of piperazine rings is 4. The largest absolute Gasteiger partial charge is 0.497 e. The molecule has 0 atom stereocenters. The average Bonchev–Trinajstić information content (AvgIpc) is 0.832. The Morgan fingerprint density at radius 2 is 0.537 bits per heavy atom. The predicted molar refractivity (Wildman–Crippen MR) is 527 cm³/mol. The van der Waals surface area contributed by atoms with Gasteiger partial charge in [0.25, 0.3) is 0 Å². The molecule has 35 heteroatoms. The second-order valence-corrected chi connectivity index (χ2v) is 32.7. The summed E-state index contributed by atoms with van der Waals surface area (Å²) in [5, 5.41) is 28.1. The SMILES string of the molecule is COc1cccc(Cc2ncnc(N3CCN(c4ncc(Cc5ccccc5)cn4)CC3)n2)c1.NCc1cccc(Nc2ncnc(N3CCN(c4ncc(Cc5ccccc5)cn4)CC3)n2)c1.OCc1ccc(Nc2ncnc(N3CCN(c4ncc(Cc5ccccc5)cn4)CC3)n2)cc1.OCc1cccc(Nc2ncnc(N3CCN(c4ncc(Cc5ccccc5)cn4)CC3)n2)c1. The zero-order chi connectivity index (χ0) is 92.7. The van der Waals surface area contributed by atoms with E-state index in [9.17, 15) is 10.2 Å². The number of ether oxygens (including phenoxy) is 1. The zero-order valence-electron chi connectivity index (χ0n) is 75.6. The number of aliphatic hydroxyl groups is 2. The molecule has 7 N–H and O–H groups in total. The molecule has 8 aromatic heterocycles. The minimum absolute atomic E-state index is 0.0122. The maximum absolute atomic E-state index is 9.33. The van der Waals surface area contributed by atoms with Crippen molar-refractivity contribution in [3.63, 3.8) is 0 Å². The van der Waals surface area contributed by atoms with E-state index in [2.05, 4.69) is 229 Å². The highest BCUT2D eigenvalue weighted by molar-refractivity contribution is 5.59. The van der Waals surface area contributed by atoms with Crippen molar-refractivity contribution < 1.29 is 14.9 Å². The van der Waals surface area contributed by atoms with Crippen molar-refractivity contribution in [1.29, 1.82) is 0 Å². The highest BCUT2D eigenvalue weighted by Crippen LogP contribution is 2.27. The van der Waals surface area contributed by atoms with Crippen molar-refractivity contribution in [3.8, 4) is 5.75 Å². The molecule has 35 nitrogen and oxygen atoms in total. The van der Waals surface area contributed by atoms with E-state index in [-0.39, 0.29) is 13.2 Å². The van der Waals surface area contributed by atoms with Crippen LogP contribution in [0, 0.1) is 0 Å². The molecule has 4 saturated heterocycles. The Bertz CT molecular complexity index is 5910. The van der Waals surface area contributed by atoms with Gasteiger partial charge in [0.05, 0.1) is 20.3 Å². The molecule has 688 valence electrons. The van der Waals surface area contributed by atoms with E-state index in [1.54, 1.807) is 19.8 Å². The van der Waals surface area contributed by atoms with Crippen LogP contribution in [0.5, 0.6) is 5.75 Å². The Balaban J connectivity index is 0.000000126. The van der Waals surface area contributed by atoms with Gasteiger partial charge in [0, 0.05) is 210 Å². The molecular weight excluding hydrogens is 1710 g/mol. The Hall–Kier alpha value is -16.4. The lowest BCUT2D eigenvalue weighted by molar-refractivity contribution is 0.281. The van der Waals surface area contributed by atoms with Gasteiger partial charge in [-0.25, -0.2) is 79.7 Å². The second-order valence-electron chi connectivity index (χ2n) is 32.7. The summed E-state index contributed by atoms with van der Waals surface area (Å²) in [5.74, 6) is 8.73. The van der Waals surface area contributed by atoms with E-state index < -0.39 is 0 Å². The highest BCUT2D eigenvalue weighted by Gasteiger charge is 2.27. The molecule has 16 aromatic rings. The number of hydrogen-bond donors (Lipinski definition) is 6. The van der Waals surface area contributed by atoms with Crippen LogP contribution in [0.15, 0.2) is 293 Å². The molecule has 136 heavy (non-hydrogen) atoms. The maximum Gasteiger partial charge on any atom is 0.231 e. The lowest BCUT2D eigenvalue weighted by Crippen LogP contribution is -2.47. The third kappa shape index (κ3) is 26.1.